The number of aliphatic hydroxyl groups is 3. The maximum atomic E-state index is 9.35. The summed E-state index contributed by atoms with van der Waals surface area (Å²) >= 11 is 1.50. The van der Waals surface area contributed by atoms with Gasteiger partial charge in [-0.2, -0.15) is 11.8 Å². The maximum absolute atomic E-state index is 9.35. The zero-order valence-electron chi connectivity index (χ0n) is 6.81. The van der Waals surface area contributed by atoms with E-state index in [1.807, 2.05) is 0 Å². The van der Waals surface area contributed by atoms with Crippen molar-refractivity contribution >= 4 is 11.8 Å². The Labute approximate surface area is 76.0 Å². The predicted molar refractivity (Wildman–Crippen MR) is 48.2 cm³/mol. The summed E-state index contributed by atoms with van der Waals surface area (Å²) < 4.78 is 0. The molecule has 1 aliphatic rings. The molecule has 3 atom stereocenters. The molecule has 1 heterocycles. The molecule has 1 rings (SSSR count). The summed E-state index contributed by atoms with van der Waals surface area (Å²) in [6.07, 6.45) is -0.983. The average Bonchev–Trinajstić information content (AvgIpc) is 2.47. The van der Waals surface area contributed by atoms with Gasteiger partial charge in [-0.3, -0.25) is 0 Å². The molecule has 72 valence electrons. The molecule has 1 unspecified atom stereocenters. The van der Waals surface area contributed by atoms with Gasteiger partial charge in [0, 0.05) is 24.1 Å². The monoisotopic (exact) mass is 193 g/mol. The second-order valence-corrected chi connectivity index (χ2v) is 4.21. The molecule has 1 saturated heterocycles. The molecule has 12 heavy (non-hydrogen) atoms. The van der Waals surface area contributed by atoms with Gasteiger partial charge < -0.3 is 20.6 Å². The van der Waals surface area contributed by atoms with Crippen LogP contribution in [0.4, 0.5) is 0 Å². The van der Waals surface area contributed by atoms with E-state index in [9.17, 15) is 5.11 Å². The number of hydrogen-bond donors (Lipinski definition) is 4. The van der Waals surface area contributed by atoms with Crippen LogP contribution in [0.15, 0.2) is 0 Å². The Kier molecular flexibility index (Phi) is 4.31. The van der Waals surface area contributed by atoms with Crippen LogP contribution in [0.3, 0.4) is 0 Å². The van der Waals surface area contributed by atoms with Gasteiger partial charge in [0.1, 0.15) is 0 Å². The van der Waals surface area contributed by atoms with Crippen molar-refractivity contribution in [3.05, 3.63) is 0 Å². The lowest BCUT2D eigenvalue weighted by molar-refractivity contribution is 0.113. The van der Waals surface area contributed by atoms with Crippen molar-refractivity contribution in [3.8, 4) is 0 Å². The van der Waals surface area contributed by atoms with Crippen LogP contribution in [0.2, 0.25) is 0 Å². The van der Waals surface area contributed by atoms with Gasteiger partial charge in [0.05, 0.1) is 18.8 Å². The fourth-order valence-corrected chi connectivity index (χ4v) is 2.23. The fraction of sp³-hybridized carbons (Fsp3) is 1.00. The standard InChI is InChI=1S/C7H15NO3S/c9-3-5(10)4-12-7-2-8-1-6(7)11/h5-11H,1-4H2/t5?,6-,7-/m1/s1. The normalized spacial score (nSPS) is 32.2. The van der Waals surface area contributed by atoms with E-state index in [2.05, 4.69) is 5.32 Å². The van der Waals surface area contributed by atoms with Crippen molar-refractivity contribution in [2.24, 2.45) is 0 Å². The van der Waals surface area contributed by atoms with E-state index in [0.717, 1.165) is 6.54 Å². The maximum Gasteiger partial charge on any atom is 0.0861 e. The molecule has 0 amide bonds. The van der Waals surface area contributed by atoms with Crippen molar-refractivity contribution in [2.75, 3.05) is 25.4 Å². The minimum atomic E-state index is -0.664. The number of nitrogens with one attached hydrogen (secondary N) is 1. The Hall–Kier alpha value is 0.190. The van der Waals surface area contributed by atoms with E-state index < -0.39 is 6.10 Å². The Morgan fingerprint density at radius 1 is 1.50 bits per heavy atom. The third kappa shape index (κ3) is 2.91. The van der Waals surface area contributed by atoms with Crippen LogP contribution in [0.25, 0.3) is 0 Å². The van der Waals surface area contributed by atoms with Crippen LogP contribution in [0, 0.1) is 0 Å². The van der Waals surface area contributed by atoms with E-state index in [4.69, 9.17) is 10.2 Å². The Balaban J connectivity index is 2.13. The third-order valence-corrected chi connectivity index (χ3v) is 3.33. The zero-order chi connectivity index (χ0) is 8.97. The predicted octanol–water partition coefficient (Wildman–Crippen LogP) is -1.59. The highest BCUT2D eigenvalue weighted by Gasteiger charge is 2.25. The van der Waals surface area contributed by atoms with Crippen LogP contribution in [0.5, 0.6) is 0 Å². The van der Waals surface area contributed by atoms with Crippen LogP contribution >= 0.6 is 11.8 Å². The summed E-state index contributed by atoms with van der Waals surface area (Å²) in [5, 5.41) is 30.1. The van der Waals surface area contributed by atoms with Gasteiger partial charge in [-0.05, 0) is 0 Å². The summed E-state index contributed by atoms with van der Waals surface area (Å²) in [7, 11) is 0. The number of β-amino-alcohol motifs (C(OH)–C–C–N with tert-alkyl or cyclic N) is 1. The highest BCUT2D eigenvalue weighted by atomic mass is 32.2. The van der Waals surface area contributed by atoms with Gasteiger partial charge in [0.2, 0.25) is 0 Å². The highest BCUT2D eigenvalue weighted by Crippen LogP contribution is 2.18. The summed E-state index contributed by atoms with van der Waals surface area (Å²) in [5.41, 5.74) is 0. The molecule has 0 saturated carbocycles. The topological polar surface area (TPSA) is 72.7 Å². The SMILES string of the molecule is OCC(O)CS[C@@H]1CNC[C@H]1O. The van der Waals surface area contributed by atoms with Gasteiger partial charge in [0.25, 0.3) is 0 Å². The van der Waals surface area contributed by atoms with Crippen LogP contribution in [-0.4, -0.2) is 58.2 Å². The van der Waals surface area contributed by atoms with Gasteiger partial charge in [-0.15, -0.1) is 0 Å². The summed E-state index contributed by atoms with van der Waals surface area (Å²) in [6.45, 7) is 1.21. The summed E-state index contributed by atoms with van der Waals surface area (Å²) in [6, 6.07) is 0. The molecule has 4 N–H and O–H groups in total. The average molecular weight is 193 g/mol. The molecule has 0 radical (unpaired) electrons. The molecular formula is C7H15NO3S. The second-order valence-electron chi connectivity index (χ2n) is 2.93. The largest absolute Gasteiger partial charge is 0.394 e. The van der Waals surface area contributed by atoms with Crippen LogP contribution in [-0.2, 0) is 0 Å². The summed E-state index contributed by atoms with van der Waals surface area (Å²) in [4.78, 5) is 0. The van der Waals surface area contributed by atoms with Gasteiger partial charge in [0.15, 0.2) is 0 Å². The van der Waals surface area contributed by atoms with Gasteiger partial charge >= 0.3 is 0 Å². The van der Waals surface area contributed by atoms with Crippen LogP contribution in [0.1, 0.15) is 0 Å². The van der Waals surface area contributed by atoms with Crippen molar-refractivity contribution in [1.29, 1.82) is 0 Å². The van der Waals surface area contributed by atoms with Crippen molar-refractivity contribution < 1.29 is 15.3 Å². The number of hydrogen-bond acceptors (Lipinski definition) is 5. The molecule has 0 aromatic heterocycles. The first-order valence-electron chi connectivity index (χ1n) is 4.03. The van der Waals surface area contributed by atoms with E-state index in [1.54, 1.807) is 0 Å². The number of thioether (sulfide) groups is 1. The van der Waals surface area contributed by atoms with Crippen LogP contribution < -0.4 is 5.32 Å². The van der Waals surface area contributed by atoms with E-state index in [-0.39, 0.29) is 18.0 Å². The lowest BCUT2D eigenvalue weighted by atomic mass is 10.3. The Morgan fingerprint density at radius 2 is 2.25 bits per heavy atom. The first kappa shape index (κ1) is 10.3. The first-order valence-corrected chi connectivity index (χ1v) is 5.08. The van der Waals surface area contributed by atoms with E-state index in [0.29, 0.717) is 12.3 Å². The minimum Gasteiger partial charge on any atom is -0.394 e. The Morgan fingerprint density at radius 3 is 2.75 bits per heavy atom. The minimum absolute atomic E-state index is 0.159. The molecule has 0 bridgehead atoms. The zero-order valence-corrected chi connectivity index (χ0v) is 7.63. The number of rotatable bonds is 4. The second kappa shape index (κ2) is 5.04. The van der Waals surface area contributed by atoms with Crippen molar-refractivity contribution in [1.82, 2.24) is 5.32 Å². The number of aliphatic hydroxyl groups excluding tert-OH is 3. The van der Waals surface area contributed by atoms with E-state index >= 15 is 0 Å². The molecule has 0 aromatic rings. The lowest BCUT2D eigenvalue weighted by Gasteiger charge is -2.14. The highest BCUT2D eigenvalue weighted by molar-refractivity contribution is 8.00. The quantitative estimate of drug-likeness (QED) is 0.433. The summed E-state index contributed by atoms with van der Waals surface area (Å²) in [5.74, 6) is 0.486. The Bertz CT molecular complexity index is 136. The van der Waals surface area contributed by atoms with Crippen molar-refractivity contribution in [2.45, 2.75) is 17.5 Å². The first-order chi connectivity index (χ1) is 5.74. The molecule has 4 nitrogen and oxygen atoms in total. The molecule has 1 fully saturated rings. The molecule has 1 aliphatic heterocycles. The third-order valence-electron chi connectivity index (χ3n) is 1.84. The van der Waals surface area contributed by atoms with Gasteiger partial charge in [-0.1, -0.05) is 0 Å². The van der Waals surface area contributed by atoms with Crippen molar-refractivity contribution in [3.63, 3.8) is 0 Å². The van der Waals surface area contributed by atoms with E-state index in [1.165, 1.54) is 11.8 Å². The molecule has 5 heteroatoms. The molecule has 0 aromatic carbocycles. The molecule has 0 aliphatic carbocycles. The smallest absolute Gasteiger partial charge is 0.0861 e. The molecule has 0 spiro atoms. The lowest BCUT2D eigenvalue weighted by Crippen LogP contribution is -2.24. The molecular weight excluding hydrogens is 178 g/mol. The van der Waals surface area contributed by atoms with Gasteiger partial charge in [-0.25, -0.2) is 0 Å². The fourth-order valence-electron chi connectivity index (χ4n) is 1.10.